The Labute approximate surface area is 218 Å². The van der Waals surface area contributed by atoms with Crippen LogP contribution in [0.15, 0.2) is 36.0 Å². The van der Waals surface area contributed by atoms with Crippen LogP contribution in [0.5, 0.6) is 0 Å². The highest BCUT2D eigenvalue weighted by Crippen LogP contribution is 2.36. The molecule has 0 aromatic carbocycles. The molecule has 0 aromatic heterocycles. The number of rotatable bonds is 9. The minimum atomic E-state index is -0.303. The molecule has 1 saturated heterocycles. The van der Waals surface area contributed by atoms with Gasteiger partial charge in [0, 0.05) is 26.3 Å². The normalized spacial score (nSPS) is 31.8. The van der Waals surface area contributed by atoms with Gasteiger partial charge in [-0.15, -0.1) is 0 Å². The van der Waals surface area contributed by atoms with E-state index in [9.17, 15) is 14.7 Å². The molecule has 2 rings (SSSR count). The van der Waals surface area contributed by atoms with Crippen LogP contribution < -0.4 is 0 Å². The maximum atomic E-state index is 12.9. The summed E-state index contributed by atoms with van der Waals surface area (Å²) >= 11 is 0. The van der Waals surface area contributed by atoms with Gasteiger partial charge in [0.2, 0.25) is 5.91 Å². The molecule has 2 aliphatic rings. The van der Waals surface area contributed by atoms with Crippen LogP contribution >= 0.6 is 0 Å². The summed E-state index contributed by atoms with van der Waals surface area (Å²) in [5, 5.41) is 10.1. The number of nitrogens with zero attached hydrogens (tertiary/aromatic N) is 1. The number of carbonyl (C=O) groups excluding carboxylic acids is 2. The molecule has 6 nitrogen and oxygen atoms in total. The number of esters is 1. The van der Waals surface area contributed by atoms with Gasteiger partial charge in [0.25, 0.3) is 0 Å². The molecule has 204 valence electrons. The van der Waals surface area contributed by atoms with Gasteiger partial charge in [0.05, 0.1) is 24.4 Å². The van der Waals surface area contributed by atoms with Crippen molar-refractivity contribution < 1.29 is 24.2 Å². The van der Waals surface area contributed by atoms with E-state index >= 15 is 0 Å². The number of aliphatic hydroxyl groups is 1. The van der Waals surface area contributed by atoms with Gasteiger partial charge < -0.3 is 19.5 Å². The van der Waals surface area contributed by atoms with Crippen molar-refractivity contribution in [1.82, 2.24) is 4.90 Å². The summed E-state index contributed by atoms with van der Waals surface area (Å²) in [6.45, 7) is 11.9. The van der Waals surface area contributed by atoms with Crippen LogP contribution in [0.2, 0.25) is 0 Å². The first-order valence-electron chi connectivity index (χ1n) is 13.8. The standard InChI is InChI=1S/C30H49NO5/c1-8-26(33)23(5)30-27(36-30)19-20(2)13-12-14-21(3)29-22(4)17-18-25(35-24(6)32)15-10-9-11-16-28(34)31(29)7/h12-14,17-18,20,22-23,25-27,29-30,33H,8-11,15-16,19H2,1-7H3/b13-12+,18-17+,21-14+. The first kappa shape index (κ1) is 30.3. The molecule has 0 aliphatic carbocycles. The van der Waals surface area contributed by atoms with Crippen LogP contribution in [-0.2, 0) is 19.1 Å². The molecule has 2 aliphatic heterocycles. The van der Waals surface area contributed by atoms with Crippen molar-refractivity contribution in [1.29, 1.82) is 0 Å². The van der Waals surface area contributed by atoms with Gasteiger partial charge in [0.15, 0.2) is 0 Å². The predicted octanol–water partition coefficient (Wildman–Crippen LogP) is 5.60. The summed E-state index contributed by atoms with van der Waals surface area (Å²) in [4.78, 5) is 26.3. The van der Waals surface area contributed by atoms with Crippen molar-refractivity contribution in [2.24, 2.45) is 17.8 Å². The van der Waals surface area contributed by atoms with Gasteiger partial charge in [-0.05, 0) is 56.9 Å². The van der Waals surface area contributed by atoms with E-state index in [4.69, 9.17) is 9.47 Å². The lowest BCUT2D eigenvalue weighted by Crippen LogP contribution is -2.41. The average Bonchev–Trinajstić information content (AvgIpc) is 3.58. The van der Waals surface area contributed by atoms with Crippen LogP contribution in [0.4, 0.5) is 0 Å². The van der Waals surface area contributed by atoms with E-state index in [2.05, 4.69) is 52.0 Å². The van der Waals surface area contributed by atoms with E-state index in [1.807, 2.05) is 24.9 Å². The minimum absolute atomic E-state index is 0.0707. The third-order valence-corrected chi connectivity index (χ3v) is 7.67. The molecule has 6 heteroatoms. The van der Waals surface area contributed by atoms with Gasteiger partial charge in [0.1, 0.15) is 6.10 Å². The Kier molecular flexibility index (Phi) is 12.4. The second-order valence-corrected chi connectivity index (χ2v) is 10.9. The Morgan fingerprint density at radius 1 is 1.25 bits per heavy atom. The molecule has 0 radical (unpaired) electrons. The molecular weight excluding hydrogens is 454 g/mol. The van der Waals surface area contributed by atoms with Crippen molar-refractivity contribution in [3.63, 3.8) is 0 Å². The highest BCUT2D eigenvalue weighted by Gasteiger charge is 2.44. The van der Waals surface area contributed by atoms with Crippen LogP contribution in [0.1, 0.15) is 86.5 Å². The zero-order valence-electron chi connectivity index (χ0n) is 23.5. The molecule has 36 heavy (non-hydrogen) atoms. The molecule has 0 spiro atoms. The van der Waals surface area contributed by atoms with Crippen molar-refractivity contribution in [3.8, 4) is 0 Å². The van der Waals surface area contributed by atoms with Crippen molar-refractivity contribution in [2.45, 2.75) is 117 Å². The van der Waals surface area contributed by atoms with E-state index < -0.39 is 0 Å². The number of ether oxygens (including phenoxy) is 2. The average molecular weight is 504 g/mol. The molecule has 1 fully saturated rings. The smallest absolute Gasteiger partial charge is 0.303 e. The largest absolute Gasteiger partial charge is 0.458 e. The van der Waals surface area contributed by atoms with Gasteiger partial charge in [-0.25, -0.2) is 0 Å². The predicted molar refractivity (Wildman–Crippen MR) is 144 cm³/mol. The zero-order valence-corrected chi connectivity index (χ0v) is 23.5. The molecule has 2 heterocycles. The minimum Gasteiger partial charge on any atom is -0.458 e. The fraction of sp³-hybridized carbons (Fsp3) is 0.733. The number of carbonyl (C=O) groups is 2. The number of hydrogen-bond acceptors (Lipinski definition) is 5. The Balaban J connectivity index is 2.07. The summed E-state index contributed by atoms with van der Waals surface area (Å²) in [6.07, 6.45) is 16.1. The monoisotopic (exact) mass is 503 g/mol. The number of epoxide rings is 1. The Bertz CT molecular complexity index is 803. The lowest BCUT2D eigenvalue weighted by molar-refractivity contribution is -0.144. The number of hydrogen-bond donors (Lipinski definition) is 1. The summed E-state index contributed by atoms with van der Waals surface area (Å²) in [7, 11) is 1.90. The summed E-state index contributed by atoms with van der Waals surface area (Å²) in [5.41, 5.74) is 1.12. The van der Waals surface area contributed by atoms with E-state index in [0.717, 1.165) is 44.1 Å². The van der Waals surface area contributed by atoms with Gasteiger partial charge >= 0.3 is 5.97 Å². The molecule has 0 aromatic rings. The van der Waals surface area contributed by atoms with Gasteiger partial charge in [-0.2, -0.15) is 0 Å². The van der Waals surface area contributed by atoms with Crippen LogP contribution in [0.25, 0.3) is 0 Å². The lowest BCUT2D eigenvalue weighted by atomic mass is 9.91. The molecular formula is C30H49NO5. The molecule has 0 bridgehead atoms. The SMILES string of the molecule is CCC(O)C(C)C1OC1CC(C)/C=C/C=C(\C)C1C(C)/C=C/C(OC(C)=O)CCCCCC(=O)N1C. The lowest BCUT2D eigenvalue weighted by Gasteiger charge is -2.33. The first-order valence-corrected chi connectivity index (χ1v) is 13.8. The highest BCUT2D eigenvalue weighted by molar-refractivity contribution is 5.76. The number of likely N-dealkylation sites (N-methyl/N-ethyl adjacent to an activating group) is 1. The van der Waals surface area contributed by atoms with E-state index in [-0.39, 0.29) is 54.2 Å². The Morgan fingerprint density at radius 3 is 2.64 bits per heavy atom. The topological polar surface area (TPSA) is 79.4 Å². The van der Waals surface area contributed by atoms with Crippen LogP contribution in [-0.4, -0.2) is 59.4 Å². The highest BCUT2D eigenvalue weighted by atomic mass is 16.6. The van der Waals surface area contributed by atoms with Gasteiger partial charge in [-0.3, -0.25) is 9.59 Å². The molecule has 8 atom stereocenters. The summed E-state index contributed by atoms with van der Waals surface area (Å²) in [5.74, 6) is 0.505. The van der Waals surface area contributed by atoms with Crippen molar-refractivity contribution >= 4 is 11.9 Å². The zero-order chi connectivity index (χ0) is 26.8. The van der Waals surface area contributed by atoms with E-state index in [1.54, 1.807) is 0 Å². The second kappa shape index (κ2) is 14.7. The quantitative estimate of drug-likeness (QED) is 0.192. The Hall–Kier alpha value is -1.92. The third-order valence-electron chi connectivity index (χ3n) is 7.67. The van der Waals surface area contributed by atoms with Crippen molar-refractivity contribution in [3.05, 3.63) is 36.0 Å². The fourth-order valence-electron chi connectivity index (χ4n) is 5.35. The number of aliphatic hydroxyl groups excluding tert-OH is 1. The van der Waals surface area contributed by atoms with E-state index in [0.29, 0.717) is 12.3 Å². The van der Waals surface area contributed by atoms with Crippen LogP contribution in [0, 0.1) is 17.8 Å². The second-order valence-electron chi connectivity index (χ2n) is 10.9. The number of amides is 1. The molecule has 1 N–H and O–H groups in total. The van der Waals surface area contributed by atoms with Crippen LogP contribution in [0.3, 0.4) is 0 Å². The molecule has 8 unspecified atom stereocenters. The Morgan fingerprint density at radius 2 is 1.97 bits per heavy atom. The maximum Gasteiger partial charge on any atom is 0.303 e. The molecule has 1 amide bonds. The van der Waals surface area contributed by atoms with E-state index in [1.165, 1.54) is 6.92 Å². The van der Waals surface area contributed by atoms with Crippen molar-refractivity contribution in [2.75, 3.05) is 7.05 Å². The summed E-state index contributed by atoms with van der Waals surface area (Å²) < 4.78 is 11.3. The summed E-state index contributed by atoms with van der Waals surface area (Å²) in [6, 6.07) is -0.0707. The van der Waals surface area contributed by atoms with Gasteiger partial charge in [-0.1, -0.05) is 64.0 Å². The fourth-order valence-corrected chi connectivity index (χ4v) is 5.35. The third kappa shape index (κ3) is 9.51. The maximum absolute atomic E-state index is 12.9. The molecule has 0 saturated carbocycles. The number of allylic oxidation sites excluding steroid dienone is 3. The first-order chi connectivity index (χ1) is 17.0.